The maximum Gasteiger partial charge on any atom is 0.0796 e. The minimum atomic E-state index is -0.569. The monoisotopic (exact) mass is 187 g/mol. The lowest BCUT2D eigenvalue weighted by Gasteiger charge is -2.30. The van der Waals surface area contributed by atoms with Crippen LogP contribution in [0.3, 0.4) is 0 Å². The van der Waals surface area contributed by atoms with Crippen LogP contribution in [0.15, 0.2) is 0 Å². The third-order valence-corrected chi connectivity index (χ3v) is 3.25. The zero-order chi connectivity index (χ0) is 9.95. The molecule has 1 fully saturated rings. The quantitative estimate of drug-likeness (QED) is 0.604. The first-order valence-corrected chi connectivity index (χ1v) is 4.94. The summed E-state index contributed by atoms with van der Waals surface area (Å²) >= 11 is 0. The molecular formula is C10H21NO2. The van der Waals surface area contributed by atoms with E-state index in [4.69, 9.17) is 4.74 Å². The highest BCUT2D eigenvalue weighted by molar-refractivity contribution is 5.03. The molecule has 78 valence electrons. The van der Waals surface area contributed by atoms with Gasteiger partial charge in [0.25, 0.3) is 0 Å². The number of ether oxygens (including phenoxy) is 1. The van der Waals surface area contributed by atoms with Gasteiger partial charge in [-0.15, -0.1) is 0 Å². The first-order valence-electron chi connectivity index (χ1n) is 4.94. The summed E-state index contributed by atoms with van der Waals surface area (Å²) in [6, 6.07) is 0. The molecule has 0 amide bonds. The average Bonchev–Trinajstić information content (AvgIpc) is 2.79. The minimum absolute atomic E-state index is 0.146. The van der Waals surface area contributed by atoms with E-state index in [2.05, 4.69) is 12.2 Å². The van der Waals surface area contributed by atoms with Crippen molar-refractivity contribution in [3.8, 4) is 0 Å². The van der Waals surface area contributed by atoms with Gasteiger partial charge in [0, 0.05) is 20.2 Å². The summed E-state index contributed by atoms with van der Waals surface area (Å²) in [5, 5.41) is 13.3. The van der Waals surface area contributed by atoms with Crippen LogP contribution in [0.2, 0.25) is 0 Å². The van der Waals surface area contributed by atoms with E-state index in [-0.39, 0.29) is 5.41 Å². The van der Waals surface area contributed by atoms with Crippen LogP contribution in [-0.2, 0) is 4.74 Å². The lowest BCUT2D eigenvalue weighted by Crippen LogP contribution is -2.45. The van der Waals surface area contributed by atoms with E-state index in [1.807, 2.05) is 6.92 Å². The van der Waals surface area contributed by atoms with Crippen LogP contribution >= 0.6 is 0 Å². The highest BCUT2D eigenvalue weighted by Crippen LogP contribution is 2.53. The molecule has 0 aliphatic heterocycles. The van der Waals surface area contributed by atoms with Gasteiger partial charge >= 0.3 is 0 Å². The van der Waals surface area contributed by atoms with E-state index in [1.165, 1.54) is 0 Å². The van der Waals surface area contributed by atoms with Gasteiger partial charge in [0.1, 0.15) is 0 Å². The van der Waals surface area contributed by atoms with Crippen LogP contribution in [0.25, 0.3) is 0 Å². The van der Waals surface area contributed by atoms with Crippen LogP contribution in [0.1, 0.15) is 26.7 Å². The highest BCUT2D eigenvalue weighted by Gasteiger charge is 2.51. The van der Waals surface area contributed by atoms with Gasteiger partial charge < -0.3 is 15.2 Å². The summed E-state index contributed by atoms with van der Waals surface area (Å²) in [5.41, 5.74) is -0.423. The topological polar surface area (TPSA) is 41.5 Å². The van der Waals surface area contributed by atoms with Crippen molar-refractivity contribution < 1.29 is 9.84 Å². The molecular weight excluding hydrogens is 166 g/mol. The van der Waals surface area contributed by atoms with Crippen LogP contribution in [0.4, 0.5) is 0 Å². The van der Waals surface area contributed by atoms with E-state index in [9.17, 15) is 5.11 Å². The predicted molar refractivity (Wildman–Crippen MR) is 52.7 cm³/mol. The number of methoxy groups -OCH3 is 1. The standard InChI is InChI=1S/C10H21NO2/c1-9(4-5-9)10(2,12)8-11-6-7-13-3/h11-12H,4-8H2,1-3H3. The van der Waals surface area contributed by atoms with Gasteiger partial charge in [0.2, 0.25) is 0 Å². The van der Waals surface area contributed by atoms with Gasteiger partial charge in [-0.3, -0.25) is 0 Å². The molecule has 0 radical (unpaired) electrons. The SMILES string of the molecule is COCCNCC(C)(O)C1(C)CC1. The third-order valence-electron chi connectivity index (χ3n) is 3.25. The molecule has 0 heterocycles. The van der Waals surface area contributed by atoms with Crippen LogP contribution in [-0.4, -0.2) is 37.5 Å². The molecule has 3 nitrogen and oxygen atoms in total. The van der Waals surface area contributed by atoms with E-state index in [1.54, 1.807) is 7.11 Å². The molecule has 1 atom stereocenters. The smallest absolute Gasteiger partial charge is 0.0796 e. The molecule has 1 unspecified atom stereocenters. The molecule has 13 heavy (non-hydrogen) atoms. The molecule has 1 aliphatic carbocycles. The van der Waals surface area contributed by atoms with Crippen molar-refractivity contribution in [1.82, 2.24) is 5.32 Å². The van der Waals surface area contributed by atoms with E-state index < -0.39 is 5.60 Å². The Kier molecular flexibility index (Phi) is 3.33. The number of hydrogen-bond acceptors (Lipinski definition) is 3. The Hall–Kier alpha value is -0.120. The molecule has 0 spiro atoms. The Bertz CT molecular complexity index is 164. The zero-order valence-corrected chi connectivity index (χ0v) is 8.89. The Morgan fingerprint density at radius 2 is 2.15 bits per heavy atom. The molecule has 0 aromatic rings. The Morgan fingerprint density at radius 3 is 2.62 bits per heavy atom. The van der Waals surface area contributed by atoms with E-state index in [0.717, 1.165) is 19.4 Å². The molecule has 0 aromatic carbocycles. The largest absolute Gasteiger partial charge is 0.388 e. The fourth-order valence-corrected chi connectivity index (χ4v) is 1.45. The second-order valence-corrected chi connectivity index (χ2v) is 4.50. The number of hydrogen-bond donors (Lipinski definition) is 2. The second-order valence-electron chi connectivity index (χ2n) is 4.50. The number of rotatable bonds is 6. The van der Waals surface area contributed by atoms with Crippen molar-refractivity contribution in [2.24, 2.45) is 5.41 Å². The van der Waals surface area contributed by atoms with Crippen LogP contribution in [0, 0.1) is 5.41 Å². The first kappa shape index (κ1) is 11.0. The summed E-state index contributed by atoms with van der Waals surface area (Å²) in [6.45, 7) is 6.23. The minimum Gasteiger partial charge on any atom is -0.388 e. The first-order chi connectivity index (χ1) is 6.02. The zero-order valence-electron chi connectivity index (χ0n) is 8.89. The van der Waals surface area contributed by atoms with Crippen LogP contribution in [0.5, 0.6) is 0 Å². The average molecular weight is 187 g/mol. The summed E-state index contributed by atoms with van der Waals surface area (Å²) in [4.78, 5) is 0. The van der Waals surface area contributed by atoms with Gasteiger partial charge in [0.05, 0.1) is 12.2 Å². The van der Waals surface area contributed by atoms with Crippen molar-refractivity contribution in [3.63, 3.8) is 0 Å². The predicted octanol–water partition coefficient (Wildman–Crippen LogP) is 0.773. The Morgan fingerprint density at radius 1 is 1.54 bits per heavy atom. The highest BCUT2D eigenvalue weighted by atomic mass is 16.5. The summed E-state index contributed by atoms with van der Waals surface area (Å²) in [6.07, 6.45) is 2.29. The summed E-state index contributed by atoms with van der Waals surface area (Å²) < 4.78 is 4.91. The maximum atomic E-state index is 10.1. The van der Waals surface area contributed by atoms with Gasteiger partial charge in [-0.25, -0.2) is 0 Å². The third kappa shape index (κ3) is 2.66. The van der Waals surface area contributed by atoms with Gasteiger partial charge in [-0.2, -0.15) is 0 Å². The molecule has 0 aromatic heterocycles. The normalized spacial score (nSPS) is 24.0. The fraction of sp³-hybridized carbons (Fsp3) is 1.00. The molecule has 1 saturated carbocycles. The van der Waals surface area contributed by atoms with E-state index >= 15 is 0 Å². The lowest BCUT2D eigenvalue weighted by molar-refractivity contribution is -0.00720. The van der Waals surface area contributed by atoms with E-state index in [0.29, 0.717) is 13.2 Å². The molecule has 0 saturated heterocycles. The number of aliphatic hydroxyl groups is 1. The van der Waals surface area contributed by atoms with Crippen molar-refractivity contribution in [3.05, 3.63) is 0 Å². The van der Waals surface area contributed by atoms with Gasteiger partial charge in [0.15, 0.2) is 0 Å². The molecule has 1 aliphatic rings. The summed E-state index contributed by atoms with van der Waals surface area (Å²) in [7, 11) is 1.68. The Balaban J connectivity index is 2.19. The number of nitrogens with one attached hydrogen (secondary N) is 1. The van der Waals surface area contributed by atoms with Crippen LogP contribution < -0.4 is 5.32 Å². The molecule has 1 rings (SSSR count). The summed E-state index contributed by atoms with van der Waals surface area (Å²) in [5.74, 6) is 0. The molecule has 0 bridgehead atoms. The molecule has 2 N–H and O–H groups in total. The van der Waals surface area contributed by atoms with Crippen molar-refractivity contribution in [2.75, 3.05) is 26.8 Å². The van der Waals surface area contributed by atoms with Gasteiger partial charge in [-0.05, 0) is 25.2 Å². The van der Waals surface area contributed by atoms with Crippen molar-refractivity contribution in [2.45, 2.75) is 32.3 Å². The fourth-order valence-electron chi connectivity index (χ4n) is 1.45. The maximum absolute atomic E-state index is 10.1. The molecule has 3 heteroatoms. The Labute approximate surface area is 80.5 Å². The lowest BCUT2D eigenvalue weighted by atomic mass is 9.87. The second kappa shape index (κ2) is 3.95. The van der Waals surface area contributed by atoms with Gasteiger partial charge in [-0.1, -0.05) is 6.92 Å². The van der Waals surface area contributed by atoms with Crippen molar-refractivity contribution >= 4 is 0 Å². The van der Waals surface area contributed by atoms with Crippen molar-refractivity contribution in [1.29, 1.82) is 0 Å².